The lowest BCUT2D eigenvalue weighted by atomic mass is 9.71. The Labute approximate surface area is 200 Å². The monoisotopic (exact) mass is 487 g/mol. The lowest BCUT2D eigenvalue weighted by molar-refractivity contribution is -0.128. The van der Waals surface area contributed by atoms with Gasteiger partial charge in [0, 0.05) is 22.5 Å². The van der Waals surface area contributed by atoms with E-state index in [2.05, 4.69) is 0 Å². The molecule has 1 amide bonds. The van der Waals surface area contributed by atoms with Crippen molar-refractivity contribution in [1.29, 1.82) is 0 Å². The zero-order valence-electron chi connectivity index (χ0n) is 17.3. The summed E-state index contributed by atoms with van der Waals surface area (Å²) >= 11 is 14.3. The fourth-order valence-corrected chi connectivity index (χ4v) is 5.53. The number of Topliss-reactive ketones (excluding diaryl/α,β-unsaturated/α-hetero) is 1. The zero-order valence-corrected chi connectivity index (χ0v) is 19.6. The second-order valence-electron chi connectivity index (χ2n) is 7.67. The maximum Gasteiger partial charge on any atom is 0.259 e. The van der Waals surface area contributed by atoms with Crippen molar-refractivity contribution >= 4 is 52.3 Å². The van der Waals surface area contributed by atoms with Crippen LogP contribution in [0.1, 0.15) is 40.1 Å². The van der Waals surface area contributed by atoms with Crippen LogP contribution in [0.3, 0.4) is 0 Å². The second kappa shape index (κ2) is 9.18. The highest BCUT2D eigenvalue weighted by Gasteiger charge is 2.50. The SMILES string of the molecule is CN(C(=O)c1c(F)cccc1Cl)C1(c2ccccc2Cl)CCC/C(=C/c2cccs2)C1=O. The molecule has 3 nitrogen and oxygen atoms in total. The first-order valence-electron chi connectivity index (χ1n) is 10.1. The summed E-state index contributed by atoms with van der Waals surface area (Å²) in [4.78, 5) is 29.8. The van der Waals surface area contributed by atoms with E-state index in [1.807, 2.05) is 23.6 Å². The molecule has 0 spiro atoms. The van der Waals surface area contributed by atoms with E-state index in [4.69, 9.17) is 23.2 Å². The van der Waals surface area contributed by atoms with Crippen molar-refractivity contribution < 1.29 is 14.0 Å². The van der Waals surface area contributed by atoms with Crippen molar-refractivity contribution in [1.82, 2.24) is 4.90 Å². The molecule has 0 N–H and O–H groups in total. The van der Waals surface area contributed by atoms with Crippen molar-refractivity contribution in [3.05, 3.63) is 97.4 Å². The van der Waals surface area contributed by atoms with E-state index in [0.29, 0.717) is 35.4 Å². The fourth-order valence-electron chi connectivity index (χ4n) is 4.31. The summed E-state index contributed by atoms with van der Waals surface area (Å²) < 4.78 is 14.6. The molecule has 32 heavy (non-hydrogen) atoms. The number of hydrogen-bond acceptors (Lipinski definition) is 3. The molecule has 7 heteroatoms. The van der Waals surface area contributed by atoms with E-state index in [9.17, 15) is 14.0 Å². The summed E-state index contributed by atoms with van der Waals surface area (Å²) in [5.41, 5.74) is -0.502. The van der Waals surface area contributed by atoms with E-state index in [-0.39, 0.29) is 16.4 Å². The highest BCUT2D eigenvalue weighted by molar-refractivity contribution is 7.10. The maximum absolute atomic E-state index is 14.6. The van der Waals surface area contributed by atoms with Crippen LogP contribution in [-0.4, -0.2) is 23.6 Å². The fraction of sp³-hybridized carbons (Fsp3) is 0.200. The number of carbonyl (C=O) groups excluding carboxylic acids is 2. The standard InChI is InChI=1S/C25H20Cl2FNO2S/c1-29(24(31)22-20(27)11-4-12-21(22)28)25(18-9-2-3-10-19(18)26)13-5-7-16(23(25)30)15-17-8-6-14-32-17/h2-4,6,8-12,14-15H,5,7,13H2,1H3/b16-15-. The van der Waals surface area contributed by atoms with Gasteiger partial charge in [-0.2, -0.15) is 0 Å². The third-order valence-corrected chi connectivity index (χ3v) is 7.35. The summed E-state index contributed by atoms with van der Waals surface area (Å²) in [6.07, 6.45) is 3.49. The Bertz CT molecular complexity index is 1190. The summed E-state index contributed by atoms with van der Waals surface area (Å²) in [6.45, 7) is 0. The first kappa shape index (κ1) is 22.7. The molecule has 0 bridgehead atoms. The van der Waals surface area contributed by atoms with Crippen LogP contribution in [0.2, 0.25) is 10.0 Å². The van der Waals surface area contributed by atoms with Crippen LogP contribution in [0.25, 0.3) is 6.08 Å². The maximum atomic E-state index is 14.6. The molecule has 1 heterocycles. The van der Waals surface area contributed by atoms with Crippen LogP contribution in [0.4, 0.5) is 4.39 Å². The smallest absolute Gasteiger partial charge is 0.259 e. The first-order valence-corrected chi connectivity index (χ1v) is 11.8. The normalized spacial score (nSPS) is 19.9. The van der Waals surface area contributed by atoms with Crippen molar-refractivity contribution in [2.24, 2.45) is 0 Å². The molecule has 4 rings (SSSR count). The molecule has 1 atom stereocenters. The van der Waals surface area contributed by atoms with Gasteiger partial charge in [0.2, 0.25) is 0 Å². The van der Waals surface area contributed by atoms with Gasteiger partial charge < -0.3 is 4.90 Å². The van der Waals surface area contributed by atoms with Gasteiger partial charge in [0.25, 0.3) is 5.91 Å². The van der Waals surface area contributed by atoms with E-state index in [1.165, 1.54) is 41.5 Å². The summed E-state index contributed by atoms with van der Waals surface area (Å²) in [6, 6.07) is 14.9. The molecule has 1 aromatic heterocycles. The lowest BCUT2D eigenvalue weighted by Gasteiger charge is -2.44. The number of rotatable bonds is 4. The minimum absolute atomic E-state index is 0.00577. The van der Waals surface area contributed by atoms with E-state index < -0.39 is 17.3 Å². The van der Waals surface area contributed by atoms with E-state index in [1.54, 1.807) is 24.3 Å². The minimum Gasteiger partial charge on any atom is -0.324 e. The highest BCUT2D eigenvalue weighted by atomic mass is 35.5. The number of nitrogens with zero attached hydrogens (tertiary/aromatic N) is 1. The van der Waals surface area contributed by atoms with Crippen LogP contribution in [0.15, 0.2) is 65.6 Å². The Balaban J connectivity index is 1.89. The number of amides is 1. The number of hydrogen-bond donors (Lipinski definition) is 0. The van der Waals surface area contributed by atoms with Gasteiger partial charge in [-0.25, -0.2) is 4.39 Å². The van der Waals surface area contributed by atoms with Crippen LogP contribution < -0.4 is 0 Å². The van der Waals surface area contributed by atoms with Crippen molar-refractivity contribution in [2.45, 2.75) is 24.8 Å². The summed E-state index contributed by atoms with van der Waals surface area (Å²) in [5.74, 6) is -1.62. The van der Waals surface area contributed by atoms with Crippen LogP contribution >= 0.6 is 34.5 Å². The third-order valence-electron chi connectivity index (χ3n) is 5.88. The van der Waals surface area contributed by atoms with Gasteiger partial charge in [0.05, 0.1) is 10.6 Å². The molecule has 2 aromatic carbocycles. The van der Waals surface area contributed by atoms with Gasteiger partial charge in [0.1, 0.15) is 11.4 Å². The minimum atomic E-state index is -1.37. The lowest BCUT2D eigenvalue weighted by Crippen LogP contribution is -2.55. The van der Waals surface area contributed by atoms with Crippen LogP contribution in [0, 0.1) is 5.82 Å². The topological polar surface area (TPSA) is 37.4 Å². The molecule has 0 aliphatic heterocycles. The number of ketones is 1. The molecule has 1 fully saturated rings. The molecular formula is C25H20Cl2FNO2S. The number of thiophene rings is 1. The predicted octanol–water partition coefficient (Wildman–Crippen LogP) is 7.00. The van der Waals surface area contributed by atoms with Crippen LogP contribution in [0.5, 0.6) is 0 Å². The van der Waals surface area contributed by atoms with Crippen molar-refractivity contribution in [3.63, 3.8) is 0 Å². The summed E-state index contributed by atoms with van der Waals surface area (Å²) in [7, 11) is 1.51. The Morgan fingerprint density at radius 3 is 2.53 bits per heavy atom. The van der Waals surface area contributed by atoms with Gasteiger partial charge in [-0.05, 0) is 60.6 Å². The van der Waals surface area contributed by atoms with E-state index >= 15 is 0 Å². The second-order valence-corrected chi connectivity index (χ2v) is 9.46. The van der Waals surface area contributed by atoms with Gasteiger partial charge in [0.15, 0.2) is 5.78 Å². The molecule has 1 aliphatic carbocycles. The van der Waals surface area contributed by atoms with Gasteiger partial charge in [-0.15, -0.1) is 11.3 Å². The molecule has 1 unspecified atom stereocenters. The number of likely N-dealkylation sites (N-methyl/N-ethyl adjacent to an activating group) is 1. The Morgan fingerprint density at radius 1 is 1.09 bits per heavy atom. The summed E-state index contributed by atoms with van der Waals surface area (Å²) in [5, 5.41) is 2.31. The first-order chi connectivity index (χ1) is 15.4. The third kappa shape index (κ3) is 3.90. The molecule has 164 valence electrons. The molecule has 1 aliphatic rings. The molecule has 1 saturated carbocycles. The average Bonchev–Trinajstić information content (AvgIpc) is 3.28. The Hall–Kier alpha value is -2.47. The van der Waals surface area contributed by atoms with Gasteiger partial charge >= 0.3 is 0 Å². The molecular weight excluding hydrogens is 468 g/mol. The molecule has 3 aromatic rings. The Morgan fingerprint density at radius 2 is 1.84 bits per heavy atom. The Kier molecular flexibility index (Phi) is 6.52. The van der Waals surface area contributed by atoms with E-state index in [0.717, 1.165) is 4.88 Å². The van der Waals surface area contributed by atoms with Crippen molar-refractivity contribution in [3.8, 4) is 0 Å². The quantitative estimate of drug-likeness (QED) is 0.371. The number of halogens is 3. The van der Waals surface area contributed by atoms with Crippen molar-refractivity contribution in [2.75, 3.05) is 7.05 Å². The number of carbonyl (C=O) groups is 2. The zero-order chi connectivity index (χ0) is 22.9. The largest absolute Gasteiger partial charge is 0.324 e. The highest BCUT2D eigenvalue weighted by Crippen LogP contribution is 2.45. The average molecular weight is 488 g/mol. The van der Waals surface area contributed by atoms with Crippen LogP contribution in [-0.2, 0) is 10.3 Å². The molecule has 0 saturated heterocycles. The van der Waals surface area contributed by atoms with Gasteiger partial charge in [-0.1, -0.05) is 53.5 Å². The molecule has 0 radical (unpaired) electrons. The van der Waals surface area contributed by atoms with Gasteiger partial charge in [-0.3, -0.25) is 9.59 Å². The number of benzene rings is 2. The predicted molar refractivity (Wildman–Crippen MR) is 128 cm³/mol.